The summed E-state index contributed by atoms with van der Waals surface area (Å²) in [5, 5.41) is 11.5. The third-order valence-corrected chi connectivity index (χ3v) is 2.47. The lowest BCUT2D eigenvalue weighted by Gasteiger charge is -2.20. The number of hydrogen-bond acceptors (Lipinski definition) is 4. The highest BCUT2D eigenvalue weighted by atomic mass is 32.1. The number of rotatable bonds is 3. The maximum absolute atomic E-state index is 9.67. The van der Waals surface area contributed by atoms with Crippen molar-refractivity contribution >= 4 is 11.5 Å². The zero-order chi connectivity index (χ0) is 9.14. The molecule has 3 nitrogen and oxygen atoms in total. The second-order valence-electron chi connectivity index (χ2n) is 3.19. The van der Waals surface area contributed by atoms with Gasteiger partial charge in [0.15, 0.2) is 0 Å². The summed E-state index contributed by atoms with van der Waals surface area (Å²) in [6.45, 7) is 3.97. The van der Waals surface area contributed by atoms with E-state index in [1.54, 1.807) is 6.07 Å². The molecule has 0 aromatic carbocycles. The highest BCUT2D eigenvalue weighted by Gasteiger charge is 2.21. The summed E-state index contributed by atoms with van der Waals surface area (Å²) in [5.41, 5.74) is 6.45. The molecule has 0 saturated carbocycles. The van der Waals surface area contributed by atoms with Crippen molar-refractivity contribution in [2.75, 3.05) is 0 Å². The van der Waals surface area contributed by atoms with Crippen LogP contribution in [0.3, 0.4) is 0 Å². The van der Waals surface area contributed by atoms with Gasteiger partial charge in [-0.05, 0) is 23.5 Å². The van der Waals surface area contributed by atoms with Crippen LogP contribution >= 0.6 is 11.5 Å². The Bertz CT molecular complexity index is 223. The molecule has 0 aliphatic heterocycles. The molecule has 3 N–H and O–H groups in total. The van der Waals surface area contributed by atoms with Gasteiger partial charge < -0.3 is 10.8 Å². The summed E-state index contributed by atoms with van der Waals surface area (Å²) in [6, 6.07) is 1.57. The second-order valence-corrected chi connectivity index (χ2v) is 3.86. The van der Waals surface area contributed by atoms with Gasteiger partial charge in [-0.15, -0.1) is 0 Å². The average molecular weight is 186 g/mol. The van der Waals surface area contributed by atoms with Gasteiger partial charge >= 0.3 is 0 Å². The van der Waals surface area contributed by atoms with Crippen molar-refractivity contribution in [1.29, 1.82) is 0 Å². The monoisotopic (exact) mass is 186 g/mol. The zero-order valence-electron chi connectivity index (χ0n) is 7.27. The molecule has 1 rings (SSSR count). The van der Waals surface area contributed by atoms with E-state index in [4.69, 9.17) is 5.73 Å². The SMILES string of the molecule is CC(C)C(N)C(O)c1ccsn1. The molecule has 68 valence electrons. The van der Waals surface area contributed by atoms with Gasteiger partial charge in [-0.3, -0.25) is 0 Å². The van der Waals surface area contributed by atoms with Crippen molar-refractivity contribution in [1.82, 2.24) is 4.37 Å². The van der Waals surface area contributed by atoms with Gasteiger partial charge in [0.2, 0.25) is 0 Å². The topological polar surface area (TPSA) is 59.1 Å². The van der Waals surface area contributed by atoms with E-state index in [2.05, 4.69) is 4.37 Å². The first-order valence-electron chi connectivity index (χ1n) is 3.97. The van der Waals surface area contributed by atoms with E-state index < -0.39 is 6.10 Å². The lowest BCUT2D eigenvalue weighted by Crippen LogP contribution is -2.33. The number of nitrogens with two attached hydrogens (primary N) is 1. The van der Waals surface area contributed by atoms with Gasteiger partial charge in [-0.1, -0.05) is 13.8 Å². The molecule has 0 radical (unpaired) electrons. The van der Waals surface area contributed by atoms with Crippen molar-refractivity contribution < 1.29 is 5.11 Å². The van der Waals surface area contributed by atoms with Gasteiger partial charge in [-0.25, -0.2) is 0 Å². The summed E-state index contributed by atoms with van der Waals surface area (Å²) < 4.78 is 4.03. The molecule has 2 atom stereocenters. The molecule has 0 amide bonds. The van der Waals surface area contributed by atoms with Gasteiger partial charge in [0.25, 0.3) is 0 Å². The largest absolute Gasteiger partial charge is 0.385 e. The Hall–Kier alpha value is -0.450. The van der Waals surface area contributed by atoms with Crippen LogP contribution in [0.2, 0.25) is 0 Å². The highest BCUT2D eigenvalue weighted by molar-refractivity contribution is 7.03. The molecule has 0 spiro atoms. The fraction of sp³-hybridized carbons (Fsp3) is 0.625. The summed E-state index contributed by atoms with van der Waals surface area (Å²) in [7, 11) is 0. The van der Waals surface area contributed by atoms with Crippen LogP contribution < -0.4 is 5.73 Å². The standard InChI is InChI=1S/C8H14N2OS/c1-5(2)7(9)8(11)6-3-4-12-10-6/h3-5,7-8,11H,9H2,1-2H3. The van der Waals surface area contributed by atoms with E-state index >= 15 is 0 Å². The van der Waals surface area contributed by atoms with Crippen LogP contribution in [0.4, 0.5) is 0 Å². The van der Waals surface area contributed by atoms with Crippen LogP contribution in [-0.4, -0.2) is 15.5 Å². The molecular weight excluding hydrogens is 172 g/mol. The lowest BCUT2D eigenvalue weighted by atomic mass is 9.98. The van der Waals surface area contributed by atoms with Gasteiger partial charge in [0, 0.05) is 11.4 Å². The first-order valence-corrected chi connectivity index (χ1v) is 4.80. The van der Waals surface area contributed by atoms with Crippen molar-refractivity contribution in [2.45, 2.75) is 26.0 Å². The van der Waals surface area contributed by atoms with E-state index in [0.717, 1.165) is 0 Å². The first-order chi connectivity index (χ1) is 5.63. The minimum Gasteiger partial charge on any atom is -0.385 e. The molecule has 0 fully saturated rings. The van der Waals surface area contributed by atoms with Crippen molar-refractivity contribution in [3.8, 4) is 0 Å². The first kappa shape index (κ1) is 9.64. The van der Waals surface area contributed by atoms with Gasteiger partial charge in [0.05, 0.1) is 5.69 Å². The quantitative estimate of drug-likeness (QED) is 0.744. The maximum Gasteiger partial charge on any atom is 0.112 e. The average Bonchev–Trinajstić information content (AvgIpc) is 2.53. The van der Waals surface area contributed by atoms with E-state index in [1.807, 2.05) is 19.2 Å². The smallest absolute Gasteiger partial charge is 0.112 e. The normalized spacial score (nSPS) is 16.4. The Kier molecular flexibility index (Phi) is 3.20. The third-order valence-electron chi connectivity index (χ3n) is 1.90. The highest BCUT2D eigenvalue weighted by Crippen LogP contribution is 2.19. The Morgan fingerprint density at radius 3 is 2.67 bits per heavy atom. The van der Waals surface area contributed by atoms with Crippen LogP contribution in [0.1, 0.15) is 25.6 Å². The summed E-state index contributed by atoms with van der Waals surface area (Å²) in [5.74, 6) is 0.265. The molecule has 0 aliphatic rings. The third kappa shape index (κ3) is 2.03. The summed E-state index contributed by atoms with van der Waals surface area (Å²) >= 11 is 1.33. The van der Waals surface area contributed by atoms with Crippen LogP contribution in [0.5, 0.6) is 0 Å². The molecule has 1 aromatic heterocycles. The van der Waals surface area contributed by atoms with Crippen LogP contribution in [0.25, 0.3) is 0 Å². The van der Waals surface area contributed by atoms with E-state index in [0.29, 0.717) is 5.69 Å². The van der Waals surface area contributed by atoms with Crippen LogP contribution in [-0.2, 0) is 0 Å². The molecular formula is C8H14N2OS. The number of nitrogens with zero attached hydrogens (tertiary/aromatic N) is 1. The fourth-order valence-corrected chi connectivity index (χ4v) is 1.49. The van der Waals surface area contributed by atoms with E-state index in [9.17, 15) is 5.11 Å². The van der Waals surface area contributed by atoms with Crippen LogP contribution in [0, 0.1) is 5.92 Å². The Morgan fingerprint density at radius 1 is 1.58 bits per heavy atom. The van der Waals surface area contributed by atoms with E-state index in [-0.39, 0.29) is 12.0 Å². The summed E-state index contributed by atoms with van der Waals surface area (Å²) in [6.07, 6.45) is -0.628. The number of hydrogen-bond donors (Lipinski definition) is 2. The molecule has 12 heavy (non-hydrogen) atoms. The van der Waals surface area contributed by atoms with E-state index in [1.165, 1.54) is 11.5 Å². The predicted octanol–water partition coefficient (Wildman–Crippen LogP) is 1.16. The van der Waals surface area contributed by atoms with Crippen molar-refractivity contribution in [2.24, 2.45) is 11.7 Å². The van der Waals surface area contributed by atoms with Crippen LogP contribution in [0.15, 0.2) is 11.4 Å². The number of aliphatic hydroxyl groups excluding tert-OH is 1. The minimum absolute atomic E-state index is 0.230. The molecule has 1 heterocycles. The molecule has 1 aromatic rings. The predicted molar refractivity (Wildman–Crippen MR) is 49.9 cm³/mol. The maximum atomic E-state index is 9.67. The zero-order valence-corrected chi connectivity index (χ0v) is 8.08. The second kappa shape index (κ2) is 3.98. The minimum atomic E-state index is -0.628. The lowest BCUT2D eigenvalue weighted by molar-refractivity contribution is 0.122. The fourth-order valence-electron chi connectivity index (χ4n) is 0.936. The molecule has 4 heteroatoms. The van der Waals surface area contributed by atoms with Gasteiger partial charge in [-0.2, -0.15) is 4.37 Å². The Balaban J connectivity index is 2.65. The number of aromatic nitrogens is 1. The molecule has 0 bridgehead atoms. The van der Waals surface area contributed by atoms with Crippen molar-refractivity contribution in [3.63, 3.8) is 0 Å². The number of aliphatic hydroxyl groups is 1. The summed E-state index contributed by atoms with van der Waals surface area (Å²) in [4.78, 5) is 0. The Morgan fingerprint density at radius 2 is 2.25 bits per heavy atom. The molecule has 2 unspecified atom stereocenters. The Labute approximate surface area is 76.4 Å². The van der Waals surface area contributed by atoms with Gasteiger partial charge in [0.1, 0.15) is 6.10 Å². The van der Waals surface area contributed by atoms with Crippen molar-refractivity contribution in [3.05, 3.63) is 17.1 Å². The molecule has 0 aliphatic carbocycles. The molecule has 0 saturated heterocycles.